The lowest BCUT2D eigenvalue weighted by atomic mass is 9.78. The first-order valence-corrected chi connectivity index (χ1v) is 6.75. The fraction of sp³-hybridized carbons (Fsp3) is 0.769. The van der Waals surface area contributed by atoms with Crippen molar-refractivity contribution in [3.05, 3.63) is 0 Å². The number of piperidine rings is 1. The summed E-state index contributed by atoms with van der Waals surface area (Å²) in [4.78, 5) is 36.3. The molecule has 7 heteroatoms. The smallest absolute Gasteiger partial charge is 0.318 e. The average Bonchev–Trinajstić information content (AvgIpc) is 2.37. The van der Waals surface area contributed by atoms with Crippen LogP contribution in [0, 0.1) is 5.41 Å². The van der Waals surface area contributed by atoms with Crippen LogP contribution in [0.4, 0.5) is 4.79 Å². The molecule has 7 nitrogen and oxygen atoms in total. The van der Waals surface area contributed by atoms with Crippen LogP contribution < -0.4 is 11.1 Å². The number of likely N-dealkylation sites (tertiary alicyclic amines) is 1. The zero-order valence-corrected chi connectivity index (χ0v) is 12.2. The number of urea groups is 1. The SMILES string of the molecule is CCC1(C(=O)O)CCCN(C(=O)NC(C)(C)C(N)=O)C1. The number of hydrogen-bond acceptors (Lipinski definition) is 3. The lowest BCUT2D eigenvalue weighted by Gasteiger charge is -2.40. The summed E-state index contributed by atoms with van der Waals surface area (Å²) in [5, 5.41) is 11.9. The van der Waals surface area contributed by atoms with Gasteiger partial charge in [-0.1, -0.05) is 6.92 Å². The molecule has 0 radical (unpaired) electrons. The van der Waals surface area contributed by atoms with Crippen molar-refractivity contribution in [1.82, 2.24) is 10.2 Å². The summed E-state index contributed by atoms with van der Waals surface area (Å²) in [6, 6.07) is -0.451. The Kier molecular flexibility index (Phi) is 4.62. The van der Waals surface area contributed by atoms with Crippen LogP contribution >= 0.6 is 0 Å². The van der Waals surface area contributed by atoms with Gasteiger partial charge in [0, 0.05) is 13.1 Å². The van der Waals surface area contributed by atoms with Crippen LogP contribution in [0.5, 0.6) is 0 Å². The van der Waals surface area contributed by atoms with Crippen molar-refractivity contribution < 1.29 is 19.5 Å². The summed E-state index contributed by atoms with van der Waals surface area (Å²) >= 11 is 0. The van der Waals surface area contributed by atoms with Gasteiger partial charge in [0.2, 0.25) is 5.91 Å². The molecule has 1 aliphatic rings. The average molecular weight is 285 g/mol. The number of amides is 3. The zero-order valence-electron chi connectivity index (χ0n) is 12.2. The predicted molar refractivity (Wildman–Crippen MR) is 73.0 cm³/mol. The lowest BCUT2D eigenvalue weighted by Crippen LogP contribution is -2.59. The van der Waals surface area contributed by atoms with Gasteiger partial charge in [-0.3, -0.25) is 9.59 Å². The van der Waals surface area contributed by atoms with Crippen LogP contribution in [-0.4, -0.2) is 46.5 Å². The standard InChI is InChI=1S/C13H23N3O4/c1-4-13(10(18)19)6-5-7-16(8-13)11(20)15-12(2,3)9(14)17/h4-8H2,1-3H3,(H2,14,17)(H,15,20)(H,18,19). The van der Waals surface area contributed by atoms with Crippen LogP contribution in [0.1, 0.15) is 40.0 Å². The number of carboxylic acids is 1. The molecule has 1 atom stereocenters. The van der Waals surface area contributed by atoms with E-state index < -0.39 is 28.9 Å². The maximum absolute atomic E-state index is 12.2. The molecule has 0 spiro atoms. The first-order chi connectivity index (χ1) is 9.14. The van der Waals surface area contributed by atoms with Crippen molar-refractivity contribution in [3.8, 4) is 0 Å². The molecule has 1 unspecified atom stereocenters. The number of hydrogen-bond donors (Lipinski definition) is 3. The van der Waals surface area contributed by atoms with E-state index in [2.05, 4.69) is 5.32 Å². The Labute approximate surface area is 118 Å². The van der Waals surface area contributed by atoms with Gasteiger partial charge < -0.3 is 21.1 Å². The third-order valence-electron chi connectivity index (χ3n) is 4.03. The van der Waals surface area contributed by atoms with Crippen molar-refractivity contribution in [3.63, 3.8) is 0 Å². The van der Waals surface area contributed by atoms with Gasteiger partial charge in [-0.05, 0) is 33.1 Å². The monoisotopic (exact) mass is 285 g/mol. The van der Waals surface area contributed by atoms with E-state index in [9.17, 15) is 19.5 Å². The topological polar surface area (TPSA) is 113 Å². The first-order valence-electron chi connectivity index (χ1n) is 6.75. The maximum atomic E-state index is 12.2. The second-order valence-electron chi connectivity index (χ2n) is 5.88. The van der Waals surface area contributed by atoms with E-state index in [0.29, 0.717) is 25.8 Å². The van der Waals surface area contributed by atoms with Crippen LogP contribution in [0.15, 0.2) is 0 Å². The highest BCUT2D eigenvalue weighted by Crippen LogP contribution is 2.33. The number of rotatable bonds is 4. The Morgan fingerprint density at radius 3 is 2.45 bits per heavy atom. The Morgan fingerprint density at radius 2 is 2.00 bits per heavy atom. The zero-order chi connectivity index (χ0) is 15.6. The number of carboxylic acid groups (broad SMARTS) is 1. The number of nitrogens with one attached hydrogen (secondary N) is 1. The number of aliphatic carboxylic acids is 1. The molecule has 4 N–H and O–H groups in total. The second-order valence-corrected chi connectivity index (χ2v) is 5.88. The lowest BCUT2D eigenvalue weighted by molar-refractivity contribution is -0.152. The largest absolute Gasteiger partial charge is 0.481 e. The minimum atomic E-state index is -1.16. The summed E-state index contributed by atoms with van der Waals surface area (Å²) in [6.07, 6.45) is 1.65. The van der Waals surface area contributed by atoms with E-state index in [4.69, 9.17) is 5.73 Å². The van der Waals surface area contributed by atoms with Gasteiger partial charge in [-0.15, -0.1) is 0 Å². The number of carbonyl (C=O) groups is 3. The van der Waals surface area contributed by atoms with E-state index >= 15 is 0 Å². The molecule has 20 heavy (non-hydrogen) atoms. The molecule has 0 bridgehead atoms. The summed E-state index contributed by atoms with van der Waals surface area (Å²) in [5.74, 6) is -1.52. The van der Waals surface area contributed by atoms with Gasteiger partial charge in [0.25, 0.3) is 0 Å². The van der Waals surface area contributed by atoms with E-state index in [-0.39, 0.29) is 6.54 Å². The maximum Gasteiger partial charge on any atom is 0.318 e. The Bertz CT molecular complexity index is 422. The van der Waals surface area contributed by atoms with E-state index in [0.717, 1.165) is 0 Å². The quantitative estimate of drug-likeness (QED) is 0.699. The van der Waals surface area contributed by atoms with Gasteiger partial charge >= 0.3 is 12.0 Å². The molecule has 1 rings (SSSR count). The predicted octanol–water partition coefficient (Wildman–Crippen LogP) is 0.537. The third-order valence-corrected chi connectivity index (χ3v) is 4.03. The molecule has 1 saturated heterocycles. The van der Waals surface area contributed by atoms with E-state index in [1.54, 1.807) is 0 Å². The summed E-state index contributed by atoms with van der Waals surface area (Å²) < 4.78 is 0. The summed E-state index contributed by atoms with van der Waals surface area (Å²) in [5.41, 5.74) is 3.15. The van der Waals surface area contributed by atoms with Gasteiger partial charge in [-0.25, -0.2) is 4.79 Å². The highest BCUT2D eigenvalue weighted by atomic mass is 16.4. The first kappa shape index (κ1) is 16.3. The van der Waals surface area contributed by atoms with Crippen molar-refractivity contribution >= 4 is 17.9 Å². The molecule has 0 saturated carbocycles. The van der Waals surface area contributed by atoms with Crippen LogP contribution in [0.2, 0.25) is 0 Å². The molecular weight excluding hydrogens is 262 g/mol. The molecule has 3 amide bonds. The number of nitrogens with two attached hydrogens (primary N) is 1. The molecule has 1 heterocycles. The minimum Gasteiger partial charge on any atom is -0.481 e. The van der Waals surface area contributed by atoms with Gasteiger partial charge in [0.05, 0.1) is 5.41 Å². The van der Waals surface area contributed by atoms with Gasteiger partial charge in [0.1, 0.15) is 5.54 Å². The van der Waals surface area contributed by atoms with Crippen molar-refractivity contribution in [2.24, 2.45) is 11.1 Å². The Hall–Kier alpha value is -1.79. The molecule has 1 fully saturated rings. The number of nitrogens with zero attached hydrogens (tertiary/aromatic N) is 1. The van der Waals surface area contributed by atoms with Gasteiger partial charge in [-0.2, -0.15) is 0 Å². The molecule has 0 aromatic heterocycles. The third kappa shape index (κ3) is 3.20. The molecule has 0 aromatic rings. The Balaban J connectivity index is 2.80. The normalized spacial score (nSPS) is 23.2. The fourth-order valence-corrected chi connectivity index (χ4v) is 2.33. The fourth-order valence-electron chi connectivity index (χ4n) is 2.33. The van der Waals surface area contributed by atoms with Crippen LogP contribution in [0.25, 0.3) is 0 Å². The molecule has 0 aromatic carbocycles. The van der Waals surface area contributed by atoms with Crippen molar-refractivity contribution in [1.29, 1.82) is 0 Å². The van der Waals surface area contributed by atoms with Gasteiger partial charge in [0.15, 0.2) is 0 Å². The number of carbonyl (C=O) groups excluding carboxylic acids is 2. The molecule has 114 valence electrons. The molecule has 0 aliphatic carbocycles. The second kappa shape index (κ2) is 5.68. The van der Waals surface area contributed by atoms with E-state index in [1.165, 1.54) is 18.7 Å². The van der Waals surface area contributed by atoms with Crippen LogP contribution in [0.3, 0.4) is 0 Å². The minimum absolute atomic E-state index is 0.152. The van der Waals surface area contributed by atoms with Crippen molar-refractivity contribution in [2.45, 2.75) is 45.6 Å². The Morgan fingerprint density at radius 1 is 1.40 bits per heavy atom. The number of primary amides is 1. The highest BCUT2D eigenvalue weighted by molar-refractivity contribution is 5.89. The van der Waals surface area contributed by atoms with Crippen LogP contribution in [-0.2, 0) is 9.59 Å². The van der Waals surface area contributed by atoms with E-state index in [1.807, 2.05) is 6.92 Å². The molecular formula is C13H23N3O4. The van der Waals surface area contributed by atoms with Crippen molar-refractivity contribution in [2.75, 3.05) is 13.1 Å². The summed E-state index contributed by atoms with van der Waals surface area (Å²) in [7, 11) is 0. The highest BCUT2D eigenvalue weighted by Gasteiger charge is 2.43. The molecule has 1 aliphatic heterocycles. The summed E-state index contributed by atoms with van der Waals surface area (Å²) in [6.45, 7) is 5.47.